The molecule has 136 valence electrons. The molecule has 1 aliphatic heterocycles. The number of furan rings is 1. The Kier molecular flexibility index (Phi) is 7.02. The van der Waals surface area contributed by atoms with Gasteiger partial charge in [-0.2, -0.15) is 0 Å². The van der Waals surface area contributed by atoms with Crippen LogP contribution in [0.15, 0.2) is 15.5 Å². The van der Waals surface area contributed by atoms with E-state index in [1.807, 2.05) is 31.7 Å². The highest BCUT2D eigenvalue weighted by molar-refractivity contribution is 5.80. The lowest BCUT2D eigenvalue weighted by molar-refractivity contribution is 0.0744. The minimum absolute atomic E-state index is 0.125. The molecule has 0 unspecified atom stereocenters. The van der Waals surface area contributed by atoms with Crippen molar-refractivity contribution in [1.82, 2.24) is 15.5 Å². The summed E-state index contributed by atoms with van der Waals surface area (Å²) in [6.45, 7) is 8.49. The molecular weight excluding hydrogens is 314 g/mol. The van der Waals surface area contributed by atoms with Gasteiger partial charge >= 0.3 is 0 Å². The van der Waals surface area contributed by atoms with Crippen LogP contribution in [0.5, 0.6) is 0 Å². The number of nitrogens with one attached hydrogen (secondary N) is 2. The molecule has 0 aromatic carbocycles. The van der Waals surface area contributed by atoms with Gasteiger partial charge in [0.05, 0.1) is 13.1 Å². The Morgan fingerprint density at radius 2 is 2.08 bits per heavy atom. The van der Waals surface area contributed by atoms with Crippen LogP contribution in [-0.2, 0) is 6.54 Å². The predicted molar refractivity (Wildman–Crippen MR) is 91.6 cm³/mol. The number of alkyl halides is 2. The van der Waals surface area contributed by atoms with Gasteiger partial charge in [0.15, 0.2) is 5.96 Å². The molecule has 0 spiro atoms. The first-order valence-electron chi connectivity index (χ1n) is 8.59. The second kappa shape index (κ2) is 9.01. The normalized spacial score (nSPS) is 17.5. The molecule has 0 amide bonds. The molecule has 0 bridgehead atoms. The second-order valence-corrected chi connectivity index (χ2v) is 6.24. The van der Waals surface area contributed by atoms with Crippen LogP contribution >= 0.6 is 0 Å². The van der Waals surface area contributed by atoms with Gasteiger partial charge in [-0.1, -0.05) is 0 Å². The summed E-state index contributed by atoms with van der Waals surface area (Å²) in [5.41, 5.74) is 1.08. The van der Waals surface area contributed by atoms with Crippen molar-refractivity contribution in [2.75, 3.05) is 26.2 Å². The highest BCUT2D eigenvalue weighted by atomic mass is 19.3. The second-order valence-electron chi connectivity index (χ2n) is 6.24. The van der Waals surface area contributed by atoms with E-state index in [-0.39, 0.29) is 12.6 Å². The van der Waals surface area contributed by atoms with Crippen LogP contribution < -0.4 is 10.6 Å². The van der Waals surface area contributed by atoms with Crippen molar-refractivity contribution in [2.24, 2.45) is 4.99 Å². The average Bonchev–Trinajstić information content (AvgIpc) is 2.84. The number of halogens is 2. The molecule has 1 aromatic heterocycles. The fourth-order valence-electron chi connectivity index (χ4n) is 2.97. The van der Waals surface area contributed by atoms with Gasteiger partial charge in [0.1, 0.15) is 11.5 Å². The number of aliphatic imine (C=N–C) groups is 1. The van der Waals surface area contributed by atoms with E-state index in [1.54, 1.807) is 0 Å². The Labute approximate surface area is 142 Å². The van der Waals surface area contributed by atoms with Crippen LogP contribution in [0.1, 0.15) is 36.8 Å². The van der Waals surface area contributed by atoms with Gasteiger partial charge in [-0.3, -0.25) is 4.90 Å². The van der Waals surface area contributed by atoms with Crippen LogP contribution in [0.4, 0.5) is 8.78 Å². The molecule has 24 heavy (non-hydrogen) atoms. The van der Waals surface area contributed by atoms with Gasteiger partial charge in [0, 0.05) is 31.2 Å². The number of piperidine rings is 1. The maximum atomic E-state index is 12.4. The molecule has 5 nitrogen and oxygen atoms in total. The van der Waals surface area contributed by atoms with Crippen molar-refractivity contribution < 1.29 is 13.2 Å². The Morgan fingerprint density at radius 1 is 1.38 bits per heavy atom. The third-order valence-corrected chi connectivity index (χ3v) is 4.22. The van der Waals surface area contributed by atoms with Gasteiger partial charge in [0.25, 0.3) is 6.43 Å². The standard InChI is InChI=1S/C17H28F2N4O/c1-4-20-17(21-10-14-9-12(2)24-13(14)3)22-15-5-7-23(8-6-15)11-16(18)19/h9,15-16H,4-8,10-11H2,1-3H3,(H2,20,21,22). The number of rotatable bonds is 6. The van der Waals surface area contributed by atoms with Gasteiger partial charge < -0.3 is 15.1 Å². The molecule has 2 heterocycles. The number of aryl methyl sites for hydroxylation is 2. The lowest BCUT2D eigenvalue weighted by Crippen LogP contribution is -2.49. The number of guanidine groups is 1. The SMILES string of the molecule is CCNC(=NCc1cc(C)oc1C)NC1CCN(CC(F)F)CC1. The molecule has 0 atom stereocenters. The minimum Gasteiger partial charge on any atom is -0.466 e. The first-order chi connectivity index (χ1) is 11.5. The zero-order valence-electron chi connectivity index (χ0n) is 14.7. The zero-order chi connectivity index (χ0) is 17.5. The van der Waals surface area contributed by atoms with E-state index in [0.29, 0.717) is 19.6 Å². The number of nitrogens with zero attached hydrogens (tertiary/aromatic N) is 2. The molecule has 2 rings (SSSR count). The van der Waals surface area contributed by atoms with E-state index in [2.05, 4.69) is 15.6 Å². The average molecular weight is 342 g/mol. The van der Waals surface area contributed by atoms with Gasteiger partial charge in [-0.15, -0.1) is 0 Å². The maximum Gasteiger partial charge on any atom is 0.251 e. The fourth-order valence-corrected chi connectivity index (χ4v) is 2.97. The third kappa shape index (κ3) is 5.78. The first-order valence-corrected chi connectivity index (χ1v) is 8.59. The third-order valence-electron chi connectivity index (χ3n) is 4.22. The lowest BCUT2D eigenvalue weighted by atomic mass is 10.1. The van der Waals surface area contributed by atoms with Crippen molar-refractivity contribution in [1.29, 1.82) is 0 Å². The van der Waals surface area contributed by atoms with Crippen molar-refractivity contribution in [3.05, 3.63) is 23.2 Å². The van der Waals surface area contributed by atoms with Crippen LogP contribution in [0.2, 0.25) is 0 Å². The lowest BCUT2D eigenvalue weighted by Gasteiger charge is -2.32. The Morgan fingerprint density at radius 3 is 2.62 bits per heavy atom. The summed E-state index contributed by atoms with van der Waals surface area (Å²) in [6.07, 6.45) is -0.558. The quantitative estimate of drug-likeness (QED) is 0.616. The molecule has 1 aromatic rings. The predicted octanol–water partition coefficient (Wildman–Crippen LogP) is 2.68. The van der Waals surface area contributed by atoms with Crippen molar-refractivity contribution in [3.8, 4) is 0 Å². The Balaban J connectivity index is 1.87. The van der Waals surface area contributed by atoms with Crippen molar-refractivity contribution in [2.45, 2.75) is 52.6 Å². The molecule has 2 N–H and O–H groups in total. The molecule has 0 radical (unpaired) electrons. The van der Waals surface area contributed by atoms with Crippen molar-refractivity contribution in [3.63, 3.8) is 0 Å². The Bertz CT molecular complexity index is 537. The first kappa shape index (κ1) is 18.7. The smallest absolute Gasteiger partial charge is 0.251 e. The molecule has 7 heteroatoms. The zero-order valence-corrected chi connectivity index (χ0v) is 14.7. The molecule has 1 aliphatic rings. The van der Waals surface area contributed by atoms with Crippen LogP contribution in [0.3, 0.4) is 0 Å². The van der Waals surface area contributed by atoms with Crippen molar-refractivity contribution >= 4 is 5.96 Å². The largest absolute Gasteiger partial charge is 0.466 e. The molecule has 0 aliphatic carbocycles. The topological polar surface area (TPSA) is 52.8 Å². The Hall–Kier alpha value is -1.63. The molecular formula is C17H28F2N4O. The maximum absolute atomic E-state index is 12.4. The molecule has 0 saturated carbocycles. The van der Waals surface area contributed by atoms with E-state index < -0.39 is 6.43 Å². The highest BCUT2D eigenvalue weighted by Crippen LogP contribution is 2.15. The van der Waals surface area contributed by atoms with Crippen LogP contribution in [0, 0.1) is 13.8 Å². The summed E-state index contributed by atoms with van der Waals surface area (Å²) in [6, 6.07) is 2.27. The summed E-state index contributed by atoms with van der Waals surface area (Å²) in [5.74, 6) is 2.55. The highest BCUT2D eigenvalue weighted by Gasteiger charge is 2.22. The van der Waals surface area contributed by atoms with Gasteiger partial charge in [-0.25, -0.2) is 13.8 Å². The summed E-state index contributed by atoms with van der Waals surface area (Å²) < 4.78 is 30.4. The van der Waals surface area contributed by atoms with Gasteiger partial charge in [0.2, 0.25) is 0 Å². The summed E-state index contributed by atoms with van der Waals surface area (Å²) in [7, 11) is 0. The summed E-state index contributed by atoms with van der Waals surface area (Å²) >= 11 is 0. The van der Waals surface area contributed by atoms with Crippen LogP contribution in [0.25, 0.3) is 0 Å². The number of likely N-dealkylation sites (tertiary alicyclic amines) is 1. The van der Waals surface area contributed by atoms with E-state index in [0.717, 1.165) is 42.4 Å². The summed E-state index contributed by atoms with van der Waals surface area (Å²) in [5, 5.41) is 6.67. The van der Waals surface area contributed by atoms with Crippen LogP contribution in [-0.4, -0.2) is 49.5 Å². The molecule has 1 saturated heterocycles. The van der Waals surface area contributed by atoms with E-state index >= 15 is 0 Å². The van der Waals surface area contributed by atoms with E-state index in [9.17, 15) is 8.78 Å². The van der Waals surface area contributed by atoms with E-state index in [1.165, 1.54) is 0 Å². The molecule has 1 fully saturated rings. The number of hydrogen-bond acceptors (Lipinski definition) is 3. The van der Waals surface area contributed by atoms with Gasteiger partial charge in [-0.05, 0) is 39.7 Å². The fraction of sp³-hybridized carbons (Fsp3) is 0.706. The minimum atomic E-state index is -2.25. The summed E-state index contributed by atoms with van der Waals surface area (Å²) in [4.78, 5) is 6.44. The monoisotopic (exact) mass is 342 g/mol. The number of hydrogen-bond donors (Lipinski definition) is 2. The van der Waals surface area contributed by atoms with E-state index in [4.69, 9.17) is 4.42 Å².